The lowest BCUT2D eigenvalue weighted by Gasteiger charge is -2.11. The number of aryl methyl sites for hydroxylation is 1. The van der Waals surface area contributed by atoms with Gasteiger partial charge in [-0.25, -0.2) is 4.98 Å². The first-order valence-electron chi connectivity index (χ1n) is 9.38. The lowest BCUT2D eigenvalue weighted by atomic mass is 10.0. The Labute approximate surface area is 158 Å². The summed E-state index contributed by atoms with van der Waals surface area (Å²) in [6, 6.07) is 9.58. The lowest BCUT2D eigenvalue weighted by molar-refractivity contribution is 0.211. The molecule has 0 bridgehead atoms. The quantitative estimate of drug-likeness (QED) is 0.538. The maximum Gasteiger partial charge on any atom is 0.140 e. The fourth-order valence-electron chi connectivity index (χ4n) is 3.56. The second-order valence-electron chi connectivity index (χ2n) is 7.18. The molecule has 0 saturated carbocycles. The van der Waals surface area contributed by atoms with Gasteiger partial charge in [0, 0.05) is 18.0 Å². The predicted octanol–water partition coefficient (Wildman–Crippen LogP) is 2.83. The number of imidazole rings is 1. The van der Waals surface area contributed by atoms with Crippen LogP contribution < -0.4 is 10.1 Å². The summed E-state index contributed by atoms with van der Waals surface area (Å²) < 4.78 is 5.53. The SMILES string of the molecule is CNC(C)CCc1c(O)ccc2[nH]c(C(O)c3ccc4c(c3)CCO4)nc12. The van der Waals surface area contributed by atoms with E-state index in [0.29, 0.717) is 24.9 Å². The molecular weight excluding hydrogens is 342 g/mol. The number of hydrogen-bond donors (Lipinski definition) is 4. The molecule has 0 fully saturated rings. The summed E-state index contributed by atoms with van der Waals surface area (Å²) in [4.78, 5) is 7.84. The van der Waals surface area contributed by atoms with Crippen LogP contribution in [-0.2, 0) is 12.8 Å². The van der Waals surface area contributed by atoms with Crippen LogP contribution in [0.1, 0.15) is 42.0 Å². The number of phenols is 1. The van der Waals surface area contributed by atoms with Gasteiger partial charge < -0.3 is 25.3 Å². The number of phenolic OH excluding ortho intramolecular Hbond substituents is 1. The molecule has 0 radical (unpaired) electrons. The molecule has 0 amide bonds. The zero-order valence-electron chi connectivity index (χ0n) is 15.6. The minimum atomic E-state index is -0.852. The number of nitrogens with zero attached hydrogens (tertiary/aromatic N) is 1. The van der Waals surface area contributed by atoms with E-state index in [0.717, 1.165) is 46.3 Å². The summed E-state index contributed by atoms with van der Waals surface area (Å²) in [5.41, 5.74) is 4.25. The van der Waals surface area contributed by atoms with Crippen molar-refractivity contribution < 1.29 is 14.9 Å². The Balaban J connectivity index is 1.66. The summed E-state index contributed by atoms with van der Waals surface area (Å²) in [6.07, 6.45) is 1.60. The van der Waals surface area contributed by atoms with Crippen molar-refractivity contribution in [3.8, 4) is 11.5 Å². The Hall–Kier alpha value is -2.57. The van der Waals surface area contributed by atoms with E-state index in [4.69, 9.17) is 4.74 Å². The zero-order chi connectivity index (χ0) is 19.0. The molecule has 2 unspecified atom stereocenters. The molecule has 4 N–H and O–H groups in total. The highest BCUT2D eigenvalue weighted by molar-refractivity contribution is 5.81. The standard InChI is InChI=1S/C21H25N3O3/c1-12(22-2)3-5-15-17(25)7-6-16-19(15)24-21(23-16)20(26)14-4-8-18-13(11-14)9-10-27-18/h4,6-8,11-12,20,22,25-26H,3,5,9-10H2,1-2H3,(H,23,24). The molecule has 0 aliphatic carbocycles. The van der Waals surface area contributed by atoms with E-state index in [2.05, 4.69) is 22.2 Å². The number of hydrogen-bond acceptors (Lipinski definition) is 5. The van der Waals surface area contributed by atoms with Crippen LogP contribution in [0, 0.1) is 0 Å². The van der Waals surface area contributed by atoms with Crippen LogP contribution in [-0.4, -0.2) is 39.9 Å². The maximum atomic E-state index is 10.8. The molecule has 0 spiro atoms. The van der Waals surface area contributed by atoms with Crippen molar-refractivity contribution in [1.29, 1.82) is 0 Å². The number of aromatic amines is 1. The molecule has 27 heavy (non-hydrogen) atoms. The van der Waals surface area contributed by atoms with Crippen LogP contribution >= 0.6 is 0 Å². The summed E-state index contributed by atoms with van der Waals surface area (Å²) >= 11 is 0. The van der Waals surface area contributed by atoms with E-state index < -0.39 is 6.10 Å². The van der Waals surface area contributed by atoms with Gasteiger partial charge in [0.1, 0.15) is 23.4 Å². The van der Waals surface area contributed by atoms with E-state index in [1.807, 2.05) is 25.2 Å². The lowest BCUT2D eigenvalue weighted by Crippen LogP contribution is -2.21. The molecule has 1 aromatic heterocycles. The Kier molecular flexibility index (Phi) is 4.76. The van der Waals surface area contributed by atoms with Gasteiger partial charge in [-0.3, -0.25) is 0 Å². The highest BCUT2D eigenvalue weighted by Gasteiger charge is 2.20. The van der Waals surface area contributed by atoms with Crippen molar-refractivity contribution >= 4 is 11.0 Å². The number of ether oxygens (including phenoxy) is 1. The third-order valence-electron chi connectivity index (χ3n) is 5.36. The molecule has 3 aromatic rings. The Bertz CT molecular complexity index is 967. The first-order valence-corrected chi connectivity index (χ1v) is 9.38. The van der Waals surface area contributed by atoms with Crippen LogP contribution in [0.25, 0.3) is 11.0 Å². The summed E-state index contributed by atoms with van der Waals surface area (Å²) in [5.74, 6) is 1.62. The monoisotopic (exact) mass is 367 g/mol. The third kappa shape index (κ3) is 3.38. The zero-order valence-corrected chi connectivity index (χ0v) is 15.6. The average Bonchev–Trinajstić information content (AvgIpc) is 3.32. The van der Waals surface area contributed by atoms with Crippen molar-refractivity contribution in [1.82, 2.24) is 15.3 Å². The van der Waals surface area contributed by atoms with Gasteiger partial charge >= 0.3 is 0 Å². The van der Waals surface area contributed by atoms with Crippen molar-refractivity contribution in [2.24, 2.45) is 0 Å². The minimum absolute atomic E-state index is 0.244. The van der Waals surface area contributed by atoms with Crippen molar-refractivity contribution in [3.05, 3.63) is 52.8 Å². The van der Waals surface area contributed by atoms with Gasteiger partial charge in [0.05, 0.1) is 17.6 Å². The number of aliphatic hydroxyl groups excluding tert-OH is 1. The molecule has 6 heteroatoms. The molecule has 4 rings (SSSR count). The van der Waals surface area contributed by atoms with Crippen LogP contribution in [0.15, 0.2) is 30.3 Å². The van der Waals surface area contributed by atoms with Crippen LogP contribution in [0.5, 0.6) is 11.5 Å². The molecule has 2 atom stereocenters. The molecule has 1 aliphatic heterocycles. The smallest absolute Gasteiger partial charge is 0.140 e. The number of nitrogens with one attached hydrogen (secondary N) is 2. The number of aromatic hydroxyl groups is 1. The first kappa shape index (κ1) is 17.8. The Morgan fingerprint density at radius 2 is 2.15 bits per heavy atom. The van der Waals surface area contributed by atoms with Gasteiger partial charge in [-0.05, 0) is 62.2 Å². The van der Waals surface area contributed by atoms with Gasteiger partial charge in [-0.15, -0.1) is 0 Å². The second kappa shape index (κ2) is 7.21. The van der Waals surface area contributed by atoms with Crippen molar-refractivity contribution in [3.63, 3.8) is 0 Å². The van der Waals surface area contributed by atoms with E-state index >= 15 is 0 Å². The van der Waals surface area contributed by atoms with Crippen molar-refractivity contribution in [2.45, 2.75) is 38.3 Å². The van der Waals surface area contributed by atoms with Gasteiger partial charge in [0.2, 0.25) is 0 Å². The van der Waals surface area contributed by atoms with E-state index in [9.17, 15) is 10.2 Å². The number of benzene rings is 2. The topological polar surface area (TPSA) is 90.4 Å². The molecular formula is C21H25N3O3. The van der Waals surface area contributed by atoms with E-state index in [-0.39, 0.29) is 5.75 Å². The average molecular weight is 367 g/mol. The van der Waals surface area contributed by atoms with Crippen molar-refractivity contribution in [2.75, 3.05) is 13.7 Å². The molecule has 1 aliphatic rings. The minimum Gasteiger partial charge on any atom is -0.508 e. The number of aromatic nitrogens is 2. The molecule has 6 nitrogen and oxygen atoms in total. The van der Waals surface area contributed by atoms with Crippen LogP contribution in [0.2, 0.25) is 0 Å². The maximum absolute atomic E-state index is 10.8. The normalized spacial score (nSPS) is 15.5. The van der Waals surface area contributed by atoms with Gasteiger partial charge in [-0.1, -0.05) is 6.07 Å². The molecule has 2 aromatic carbocycles. The highest BCUT2D eigenvalue weighted by Crippen LogP contribution is 2.32. The third-order valence-corrected chi connectivity index (χ3v) is 5.36. The number of rotatable bonds is 6. The molecule has 142 valence electrons. The number of fused-ring (bicyclic) bond motifs is 2. The van der Waals surface area contributed by atoms with Gasteiger partial charge in [0.15, 0.2) is 0 Å². The molecule has 2 heterocycles. The largest absolute Gasteiger partial charge is 0.508 e. The fraction of sp³-hybridized carbons (Fsp3) is 0.381. The number of H-pyrrole nitrogens is 1. The number of aliphatic hydroxyl groups is 1. The van der Waals surface area contributed by atoms with Crippen LogP contribution in [0.3, 0.4) is 0 Å². The fourth-order valence-corrected chi connectivity index (χ4v) is 3.56. The molecule has 0 saturated heterocycles. The Morgan fingerprint density at radius 3 is 2.96 bits per heavy atom. The van der Waals surface area contributed by atoms with E-state index in [1.54, 1.807) is 12.1 Å². The van der Waals surface area contributed by atoms with Crippen LogP contribution in [0.4, 0.5) is 0 Å². The van der Waals surface area contributed by atoms with E-state index in [1.165, 1.54) is 0 Å². The highest BCUT2D eigenvalue weighted by atomic mass is 16.5. The second-order valence-corrected chi connectivity index (χ2v) is 7.18. The summed E-state index contributed by atoms with van der Waals surface area (Å²) in [6.45, 7) is 2.79. The van der Waals surface area contributed by atoms with Gasteiger partial charge in [-0.2, -0.15) is 0 Å². The summed E-state index contributed by atoms with van der Waals surface area (Å²) in [5, 5.41) is 24.4. The predicted molar refractivity (Wildman–Crippen MR) is 104 cm³/mol. The van der Waals surface area contributed by atoms with Gasteiger partial charge in [0.25, 0.3) is 0 Å². The Morgan fingerprint density at radius 1 is 1.30 bits per heavy atom. The summed E-state index contributed by atoms with van der Waals surface area (Å²) in [7, 11) is 1.93. The first-order chi connectivity index (χ1) is 13.1.